The monoisotopic (exact) mass is 597 g/mol. The van der Waals surface area contributed by atoms with Gasteiger partial charge in [-0.2, -0.15) is 18.3 Å². The Labute approximate surface area is 254 Å². The number of alkyl halides is 3. The Kier molecular flexibility index (Phi) is 9.97. The predicted octanol–water partition coefficient (Wildman–Crippen LogP) is 9.74. The van der Waals surface area contributed by atoms with Gasteiger partial charge >= 0.3 is 6.18 Å². The first-order chi connectivity index (χ1) is 20.3. The average Bonchev–Trinajstić information content (AvgIpc) is 3.42. The van der Waals surface area contributed by atoms with E-state index in [1.165, 1.54) is 17.3 Å². The fraction of sp³-hybridized carbons (Fsp3) is 0.543. The maximum atomic E-state index is 14.0. The fourth-order valence-electron chi connectivity index (χ4n) is 5.55. The van der Waals surface area contributed by atoms with Gasteiger partial charge < -0.3 is 10.1 Å². The topological polar surface area (TPSA) is 56.1 Å². The zero-order chi connectivity index (χ0) is 31.4. The molecule has 2 atom stereocenters. The van der Waals surface area contributed by atoms with E-state index in [9.17, 15) is 18.0 Å². The maximum absolute atomic E-state index is 14.0. The van der Waals surface area contributed by atoms with Gasteiger partial charge in [-0.3, -0.25) is 4.79 Å². The van der Waals surface area contributed by atoms with E-state index in [1.54, 1.807) is 24.3 Å². The predicted molar refractivity (Wildman–Crippen MR) is 166 cm³/mol. The van der Waals surface area contributed by atoms with Crippen LogP contribution in [0.5, 0.6) is 5.75 Å². The molecular weight excluding hydrogens is 551 g/mol. The summed E-state index contributed by atoms with van der Waals surface area (Å²) in [5.41, 5.74) is 3.55. The number of aromatic nitrogens is 2. The van der Waals surface area contributed by atoms with Gasteiger partial charge in [0.05, 0.1) is 24.4 Å². The molecule has 0 amide bonds. The molecular formula is C35H46F3N3O2. The normalized spacial score (nSPS) is 17.3. The van der Waals surface area contributed by atoms with Crippen molar-refractivity contribution in [3.63, 3.8) is 0 Å². The Morgan fingerprint density at radius 3 is 2.33 bits per heavy atom. The Morgan fingerprint density at radius 2 is 1.67 bits per heavy atom. The van der Waals surface area contributed by atoms with Crippen LogP contribution in [0.25, 0.3) is 0 Å². The van der Waals surface area contributed by atoms with E-state index in [4.69, 9.17) is 4.74 Å². The number of unbranched alkanes of at least 4 members (excludes halogenated alkanes) is 2. The molecule has 1 aliphatic rings. The van der Waals surface area contributed by atoms with Crippen LogP contribution in [0.15, 0.2) is 54.7 Å². The number of ether oxygens (including phenoxy) is 1. The maximum Gasteiger partial charge on any atom is 0.410 e. The van der Waals surface area contributed by atoms with Gasteiger partial charge in [0.2, 0.25) is 0 Å². The van der Waals surface area contributed by atoms with Crippen molar-refractivity contribution >= 4 is 11.6 Å². The van der Waals surface area contributed by atoms with Crippen molar-refractivity contribution in [2.75, 3.05) is 11.9 Å². The number of nitrogens with zero attached hydrogens (tertiary/aromatic N) is 2. The largest absolute Gasteiger partial charge is 0.493 e. The van der Waals surface area contributed by atoms with E-state index in [0.717, 1.165) is 41.7 Å². The molecule has 0 saturated carbocycles. The van der Waals surface area contributed by atoms with E-state index < -0.39 is 18.3 Å². The standard InChI is InChI=1S/C35H46F3N3O2/c1-7-33(3,4)25-18-19-30(27(21-25)34(5,6)8-2)43-20-14-10-13-17-29(42)26-23-39-41-31(35(36,37)38)22-28(40-32(26)41)24-15-11-9-12-16-24/h9,11-12,15-16,18-19,21,23,28,31,40H,7-8,10,13-14,17,20,22H2,1-6H3. The minimum Gasteiger partial charge on any atom is -0.493 e. The SMILES string of the molecule is CCC(C)(C)c1ccc(OCCCCCC(=O)c2cnn3c2NC(c2ccccc2)CC3C(F)(F)F)c(C(C)(C)CC)c1. The van der Waals surface area contributed by atoms with Crippen LogP contribution in [0, 0.1) is 0 Å². The molecule has 2 heterocycles. The van der Waals surface area contributed by atoms with Crippen molar-refractivity contribution < 1.29 is 22.7 Å². The lowest BCUT2D eigenvalue weighted by Gasteiger charge is -2.34. The number of carbonyl (C=O) groups is 1. The summed E-state index contributed by atoms with van der Waals surface area (Å²) in [6, 6.07) is 13.2. The van der Waals surface area contributed by atoms with Crippen LogP contribution >= 0.6 is 0 Å². The van der Waals surface area contributed by atoms with Crippen LogP contribution in [0.4, 0.5) is 19.0 Å². The lowest BCUT2D eigenvalue weighted by Crippen LogP contribution is -2.36. The summed E-state index contributed by atoms with van der Waals surface area (Å²) in [5, 5.41) is 7.17. The van der Waals surface area contributed by atoms with E-state index in [0.29, 0.717) is 13.0 Å². The Morgan fingerprint density at radius 1 is 0.977 bits per heavy atom. The molecule has 0 aliphatic carbocycles. The van der Waals surface area contributed by atoms with Crippen molar-refractivity contribution in [2.24, 2.45) is 0 Å². The molecule has 0 fully saturated rings. The van der Waals surface area contributed by atoms with Gasteiger partial charge in [0, 0.05) is 18.4 Å². The van der Waals surface area contributed by atoms with E-state index in [-0.39, 0.29) is 40.8 Å². The Hall–Kier alpha value is -3.29. The molecule has 234 valence electrons. The number of rotatable bonds is 13. The number of ketones is 1. The molecule has 0 saturated heterocycles. The minimum absolute atomic E-state index is 0.0228. The molecule has 8 heteroatoms. The first-order valence-corrected chi connectivity index (χ1v) is 15.5. The molecule has 0 spiro atoms. The second-order valence-electron chi connectivity index (χ2n) is 13.0. The number of benzene rings is 2. The van der Waals surface area contributed by atoms with Crippen molar-refractivity contribution in [1.29, 1.82) is 0 Å². The Balaban J connectivity index is 1.36. The molecule has 4 rings (SSSR count). The zero-order valence-electron chi connectivity index (χ0n) is 26.4. The summed E-state index contributed by atoms with van der Waals surface area (Å²) >= 11 is 0. The van der Waals surface area contributed by atoms with Crippen molar-refractivity contribution in [3.8, 4) is 5.75 Å². The number of halogens is 3. The van der Waals surface area contributed by atoms with Crippen LogP contribution in [0.1, 0.15) is 126 Å². The number of anilines is 1. The summed E-state index contributed by atoms with van der Waals surface area (Å²) in [5.74, 6) is 0.852. The molecule has 0 bridgehead atoms. The summed E-state index contributed by atoms with van der Waals surface area (Å²) in [4.78, 5) is 13.2. The summed E-state index contributed by atoms with van der Waals surface area (Å²) in [6.07, 6.45) is 1.06. The molecule has 0 radical (unpaired) electrons. The molecule has 3 aromatic rings. The number of carbonyl (C=O) groups excluding carboxylic acids is 1. The lowest BCUT2D eigenvalue weighted by atomic mass is 9.76. The van der Waals surface area contributed by atoms with Crippen molar-refractivity contribution in [1.82, 2.24) is 9.78 Å². The highest BCUT2D eigenvalue weighted by molar-refractivity contribution is 6.00. The number of nitrogens with one attached hydrogen (secondary N) is 1. The second kappa shape index (κ2) is 13.1. The number of fused-ring (bicyclic) bond motifs is 1. The molecule has 43 heavy (non-hydrogen) atoms. The Bertz CT molecular complexity index is 1380. The molecule has 2 aromatic carbocycles. The molecule has 5 nitrogen and oxygen atoms in total. The van der Waals surface area contributed by atoms with E-state index >= 15 is 0 Å². The highest BCUT2D eigenvalue weighted by Crippen LogP contribution is 2.44. The molecule has 1 N–H and O–H groups in total. The summed E-state index contributed by atoms with van der Waals surface area (Å²) in [6.45, 7) is 13.9. The first kappa shape index (κ1) is 32.6. The van der Waals surface area contributed by atoms with Gasteiger partial charge in [-0.15, -0.1) is 0 Å². The third-order valence-corrected chi connectivity index (χ3v) is 9.30. The molecule has 2 unspecified atom stereocenters. The van der Waals surface area contributed by atoms with Crippen molar-refractivity contribution in [2.45, 2.75) is 116 Å². The van der Waals surface area contributed by atoms with E-state index in [1.807, 2.05) is 6.07 Å². The van der Waals surface area contributed by atoms with Crippen molar-refractivity contribution in [3.05, 3.63) is 77.0 Å². The van der Waals surface area contributed by atoms with Crippen LogP contribution in [-0.4, -0.2) is 28.3 Å². The zero-order valence-corrected chi connectivity index (χ0v) is 26.4. The first-order valence-electron chi connectivity index (χ1n) is 15.5. The van der Waals surface area contributed by atoms with Gasteiger partial charge in [0.1, 0.15) is 11.6 Å². The highest BCUT2D eigenvalue weighted by Gasteiger charge is 2.47. The van der Waals surface area contributed by atoms with Gasteiger partial charge in [-0.05, 0) is 60.1 Å². The van der Waals surface area contributed by atoms with Crippen LogP contribution in [0.3, 0.4) is 0 Å². The lowest BCUT2D eigenvalue weighted by molar-refractivity contribution is -0.173. The molecule has 1 aromatic heterocycles. The van der Waals surface area contributed by atoms with Gasteiger partial charge in [0.15, 0.2) is 11.8 Å². The van der Waals surface area contributed by atoms with Crippen LogP contribution in [0.2, 0.25) is 0 Å². The van der Waals surface area contributed by atoms with E-state index in [2.05, 4.69) is 70.2 Å². The average molecular weight is 598 g/mol. The quantitative estimate of drug-likeness (QED) is 0.157. The van der Waals surface area contributed by atoms with Crippen LogP contribution < -0.4 is 10.1 Å². The van der Waals surface area contributed by atoms with Gasteiger partial charge in [-0.1, -0.05) is 84.0 Å². The fourth-order valence-corrected chi connectivity index (χ4v) is 5.55. The number of hydrogen-bond acceptors (Lipinski definition) is 4. The van der Waals surface area contributed by atoms with Crippen LogP contribution in [-0.2, 0) is 10.8 Å². The third kappa shape index (κ3) is 7.44. The number of hydrogen-bond donors (Lipinski definition) is 1. The third-order valence-electron chi connectivity index (χ3n) is 9.30. The summed E-state index contributed by atoms with van der Waals surface area (Å²) < 4.78 is 49.1. The minimum atomic E-state index is -4.48. The second-order valence-corrected chi connectivity index (χ2v) is 13.0. The van der Waals surface area contributed by atoms with Gasteiger partial charge in [0.25, 0.3) is 0 Å². The summed E-state index contributed by atoms with van der Waals surface area (Å²) in [7, 11) is 0. The number of Topliss-reactive ketones (excluding diaryl/α,β-unsaturated/α-hetero) is 1. The van der Waals surface area contributed by atoms with Gasteiger partial charge in [-0.25, -0.2) is 4.68 Å². The highest BCUT2D eigenvalue weighted by atomic mass is 19.4. The smallest absolute Gasteiger partial charge is 0.410 e. The molecule has 1 aliphatic heterocycles.